The van der Waals surface area contributed by atoms with Crippen molar-refractivity contribution in [2.45, 2.75) is 117 Å². The SMILES string of the molecule is CCCCCCCCCc1ccc2ccccc2c1CCCCCCCCC.O=S=O.O=S=O.[Ba+2]. The van der Waals surface area contributed by atoms with E-state index in [0.29, 0.717) is 0 Å². The Morgan fingerprint density at radius 1 is 0.543 bits per heavy atom. The van der Waals surface area contributed by atoms with Crippen LogP contribution in [0.4, 0.5) is 0 Å². The average Bonchev–Trinajstić information content (AvgIpc) is 2.84. The van der Waals surface area contributed by atoms with Crippen molar-refractivity contribution in [2.24, 2.45) is 0 Å². The average molecular weight is 646 g/mol. The molecule has 2 aromatic carbocycles. The van der Waals surface area contributed by atoms with Crippen LogP contribution in [0.15, 0.2) is 36.4 Å². The Morgan fingerprint density at radius 2 is 0.971 bits per heavy atom. The Kier molecular flexibility index (Phi) is 30.2. The maximum atomic E-state index is 8.29. The van der Waals surface area contributed by atoms with Crippen molar-refractivity contribution in [2.75, 3.05) is 0 Å². The maximum absolute atomic E-state index is 8.29. The van der Waals surface area contributed by atoms with Crippen LogP contribution >= 0.6 is 0 Å². The predicted octanol–water partition coefficient (Wildman–Crippen LogP) is 7.70. The summed E-state index contributed by atoms with van der Waals surface area (Å²) in [6, 6.07) is 13.8. The molecule has 0 unspecified atom stereocenters. The normalized spacial score (nSPS) is 9.77. The molecule has 4 nitrogen and oxygen atoms in total. The summed E-state index contributed by atoms with van der Waals surface area (Å²) in [6.45, 7) is 4.60. The van der Waals surface area contributed by atoms with Crippen LogP contribution in [0.1, 0.15) is 115 Å². The zero-order valence-electron chi connectivity index (χ0n) is 21.9. The van der Waals surface area contributed by atoms with Gasteiger partial charge in [0.2, 0.25) is 0 Å². The molecule has 0 radical (unpaired) electrons. The number of benzene rings is 2. The standard InChI is InChI=1S/C28H44.Ba.2O2S/c1-3-5-7-9-11-13-15-19-25-23-24-26-20-17-18-22-28(26)27(25)21-16-14-12-10-8-6-4-2;;2*1-3-2/h17-18,20,22-24H,3-16,19,21H2,1-2H3;;;/q;+2;;. The van der Waals surface area contributed by atoms with Gasteiger partial charge >= 0.3 is 72.0 Å². The largest absolute Gasteiger partial charge is 2.00 e. The van der Waals surface area contributed by atoms with E-state index >= 15 is 0 Å². The minimum atomic E-state index is -0.750. The van der Waals surface area contributed by atoms with Crippen LogP contribution in [0.25, 0.3) is 10.8 Å². The van der Waals surface area contributed by atoms with Gasteiger partial charge in [0.15, 0.2) is 0 Å². The summed E-state index contributed by atoms with van der Waals surface area (Å²) in [5.74, 6) is 0. The van der Waals surface area contributed by atoms with Crippen molar-refractivity contribution in [3.8, 4) is 0 Å². The summed E-state index contributed by atoms with van der Waals surface area (Å²) >= 11 is -1.50. The van der Waals surface area contributed by atoms with Crippen LogP contribution in [0, 0.1) is 0 Å². The molecule has 0 fully saturated rings. The van der Waals surface area contributed by atoms with Crippen LogP contribution in [0.2, 0.25) is 0 Å². The van der Waals surface area contributed by atoms with Crippen molar-refractivity contribution in [3.63, 3.8) is 0 Å². The molecule has 0 aromatic heterocycles. The molecule has 7 heteroatoms. The Balaban J connectivity index is 0. The van der Waals surface area contributed by atoms with Gasteiger partial charge in [0.05, 0.1) is 0 Å². The first-order valence-corrected chi connectivity index (χ1v) is 14.4. The molecule has 0 bridgehead atoms. The fraction of sp³-hybridized carbons (Fsp3) is 0.643. The summed E-state index contributed by atoms with van der Waals surface area (Å²) in [6.07, 6.45) is 22.1. The number of unbranched alkanes of at least 4 members (excludes halogenated alkanes) is 12. The van der Waals surface area contributed by atoms with E-state index < -0.39 is 23.1 Å². The van der Waals surface area contributed by atoms with Gasteiger partial charge < -0.3 is 0 Å². The van der Waals surface area contributed by atoms with Gasteiger partial charge in [0.1, 0.15) is 0 Å². The molecule has 0 aliphatic heterocycles. The molecule has 0 spiro atoms. The quantitative estimate of drug-likeness (QED) is 0.139. The molecule has 0 N–H and O–H groups in total. The van der Waals surface area contributed by atoms with E-state index in [1.54, 1.807) is 11.1 Å². The number of hydrogen-bond donors (Lipinski definition) is 0. The fourth-order valence-electron chi connectivity index (χ4n) is 4.44. The van der Waals surface area contributed by atoms with Crippen LogP contribution in [0.5, 0.6) is 0 Å². The summed E-state index contributed by atoms with van der Waals surface area (Å²) < 4.78 is 33.2. The van der Waals surface area contributed by atoms with E-state index in [9.17, 15) is 0 Å². The summed E-state index contributed by atoms with van der Waals surface area (Å²) in [7, 11) is 0. The molecule has 0 amide bonds. The van der Waals surface area contributed by atoms with Gasteiger partial charge in [-0.05, 0) is 47.6 Å². The number of fused-ring (bicyclic) bond motifs is 1. The molecule has 35 heavy (non-hydrogen) atoms. The second-order valence-corrected chi connectivity index (χ2v) is 9.08. The van der Waals surface area contributed by atoms with Crippen LogP contribution in [-0.2, 0) is 36.0 Å². The van der Waals surface area contributed by atoms with Crippen LogP contribution in [-0.4, -0.2) is 65.7 Å². The van der Waals surface area contributed by atoms with Gasteiger partial charge in [0, 0.05) is 0 Å². The monoisotopic (exact) mass is 646 g/mol. The Morgan fingerprint density at radius 3 is 1.49 bits per heavy atom. The van der Waals surface area contributed by atoms with Crippen molar-refractivity contribution >= 4 is 82.8 Å². The fourth-order valence-corrected chi connectivity index (χ4v) is 4.44. The minimum absolute atomic E-state index is 0. The molecular weight excluding hydrogens is 602 g/mol. The Labute approximate surface area is 261 Å². The zero-order chi connectivity index (χ0) is 25.3. The maximum Gasteiger partial charge on any atom is 2.00 e. The van der Waals surface area contributed by atoms with E-state index in [-0.39, 0.29) is 48.9 Å². The van der Waals surface area contributed by atoms with Crippen molar-refractivity contribution in [1.82, 2.24) is 0 Å². The molecule has 0 saturated carbocycles. The molecule has 192 valence electrons. The third-order valence-electron chi connectivity index (χ3n) is 6.22. The first kappa shape index (κ1) is 37.1. The molecular formula is C28H44BaO4S2+2. The van der Waals surface area contributed by atoms with Crippen molar-refractivity contribution in [1.29, 1.82) is 0 Å². The van der Waals surface area contributed by atoms with Gasteiger partial charge in [-0.15, -0.1) is 0 Å². The third-order valence-corrected chi connectivity index (χ3v) is 6.22. The molecule has 0 heterocycles. The van der Waals surface area contributed by atoms with E-state index in [2.05, 4.69) is 50.2 Å². The Bertz CT molecular complexity index is 821. The van der Waals surface area contributed by atoms with Gasteiger partial charge in [-0.2, -0.15) is 16.8 Å². The van der Waals surface area contributed by atoms with Gasteiger partial charge in [-0.25, -0.2) is 0 Å². The second kappa shape index (κ2) is 28.5. The van der Waals surface area contributed by atoms with E-state index in [4.69, 9.17) is 16.8 Å². The summed E-state index contributed by atoms with van der Waals surface area (Å²) in [5, 5.41) is 2.93. The first-order valence-electron chi connectivity index (χ1n) is 13.0. The smallest absolute Gasteiger partial charge is 0.168 e. The third kappa shape index (κ3) is 19.7. The zero-order valence-corrected chi connectivity index (χ0v) is 28.0. The summed E-state index contributed by atoms with van der Waals surface area (Å²) in [5.41, 5.74) is 3.27. The predicted molar refractivity (Wildman–Crippen MR) is 151 cm³/mol. The number of rotatable bonds is 16. The minimum Gasteiger partial charge on any atom is -0.168 e. The summed E-state index contributed by atoms with van der Waals surface area (Å²) in [4.78, 5) is 0. The molecule has 2 aromatic rings. The molecule has 0 saturated heterocycles. The molecule has 0 atom stereocenters. The van der Waals surface area contributed by atoms with Gasteiger partial charge in [-0.1, -0.05) is 127 Å². The molecule has 0 aliphatic rings. The van der Waals surface area contributed by atoms with Gasteiger partial charge in [0.25, 0.3) is 0 Å². The number of aryl methyl sites for hydroxylation is 2. The molecule has 2 rings (SSSR count). The first-order chi connectivity index (χ1) is 16.7. The second-order valence-electron chi connectivity index (χ2n) is 8.80. The van der Waals surface area contributed by atoms with Crippen molar-refractivity contribution < 1.29 is 16.8 Å². The van der Waals surface area contributed by atoms with E-state index in [1.807, 2.05) is 0 Å². The topological polar surface area (TPSA) is 68.3 Å². The Hall–Kier alpha value is -0.0886. The van der Waals surface area contributed by atoms with Crippen LogP contribution in [0.3, 0.4) is 0 Å². The van der Waals surface area contributed by atoms with Crippen molar-refractivity contribution in [3.05, 3.63) is 47.5 Å². The molecule has 0 aliphatic carbocycles. The van der Waals surface area contributed by atoms with E-state index in [1.165, 1.54) is 114 Å². The van der Waals surface area contributed by atoms with Gasteiger partial charge in [-0.3, -0.25) is 0 Å². The number of hydrogen-bond acceptors (Lipinski definition) is 4. The van der Waals surface area contributed by atoms with E-state index in [0.717, 1.165) is 0 Å². The van der Waals surface area contributed by atoms with Crippen LogP contribution < -0.4 is 0 Å².